The monoisotopic (exact) mass is 298 g/mol. The van der Waals surface area contributed by atoms with Crippen molar-refractivity contribution in [2.45, 2.75) is 30.6 Å². The fourth-order valence-electron chi connectivity index (χ4n) is 2.03. The van der Waals surface area contributed by atoms with Crippen LogP contribution in [0.2, 0.25) is 0 Å². The van der Waals surface area contributed by atoms with Crippen molar-refractivity contribution in [3.05, 3.63) is 52.3 Å². The van der Waals surface area contributed by atoms with Crippen molar-refractivity contribution in [1.82, 2.24) is 4.98 Å². The summed E-state index contributed by atoms with van der Waals surface area (Å²) in [4.78, 5) is 17.0. The van der Waals surface area contributed by atoms with E-state index in [0.717, 1.165) is 21.0 Å². The Morgan fingerprint density at radius 2 is 2.00 bits per heavy atom. The zero-order valence-electron chi connectivity index (χ0n) is 12.0. The Bertz CT molecular complexity index is 764. The maximum absolute atomic E-state index is 11.2. The van der Waals surface area contributed by atoms with Gasteiger partial charge in [-0.15, -0.1) is 0 Å². The summed E-state index contributed by atoms with van der Waals surface area (Å²) < 4.78 is 0. The minimum Gasteiger partial charge on any atom is -0.478 e. The van der Waals surface area contributed by atoms with Crippen molar-refractivity contribution in [2.75, 3.05) is 0 Å². The Hall–Kier alpha value is -2.32. The summed E-state index contributed by atoms with van der Waals surface area (Å²) in [5.74, 6) is -0.947. The van der Waals surface area contributed by atoms with E-state index in [2.05, 4.69) is 11.1 Å². The van der Waals surface area contributed by atoms with Gasteiger partial charge in [-0.1, -0.05) is 17.8 Å². The maximum Gasteiger partial charge on any atom is 0.335 e. The lowest BCUT2D eigenvalue weighted by atomic mass is 10.1. The molecule has 2 rings (SSSR count). The molecule has 1 heterocycles. The molecule has 4 nitrogen and oxygen atoms in total. The Morgan fingerprint density at radius 1 is 1.29 bits per heavy atom. The van der Waals surface area contributed by atoms with Gasteiger partial charge in [0.2, 0.25) is 0 Å². The molecule has 1 aromatic heterocycles. The Balaban J connectivity index is 2.46. The first-order valence-corrected chi connectivity index (χ1v) is 7.14. The molecule has 0 aliphatic rings. The number of aromatic carboxylic acids is 1. The number of aromatic nitrogens is 1. The van der Waals surface area contributed by atoms with Crippen molar-refractivity contribution < 1.29 is 9.90 Å². The fourth-order valence-corrected chi connectivity index (χ4v) is 3.12. The minimum absolute atomic E-state index is 0.279. The van der Waals surface area contributed by atoms with E-state index in [9.17, 15) is 15.2 Å². The van der Waals surface area contributed by atoms with E-state index in [-0.39, 0.29) is 5.56 Å². The predicted molar refractivity (Wildman–Crippen MR) is 80.7 cm³/mol. The number of pyridine rings is 1. The summed E-state index contributed by atoms with van der Waals surface area (Å²) >= 11 is 1.38. The molecule has 1 aromatic carbocycles. The summed E-state index contributed by atoms with van der Waals surface area (Å²) in [6, 6.07) is 9.27. The molecular weight excluding hydrogens is 284 g/mol. The van der Waals surface area contributed by atoms with E-state index >= 15 is 0 Å². The Kier molecular flexibility index (Phi) is 4.29. The van der Waals surface area contributed by atoms with Gasteiger partial charge >= 0.3 is 5.97 Å². The van der Waals surface area contributed by atoms with Crippen LogP contribution in [0.15, 0.2) is 34.1 Å². The van der Waals surface area contributed by atoms with Crippen molar-refractivity contribution in [3.63, 3.8) is 0 Å². The number of aryl methyl sites for hydroxylation is 3. The van der Waals surface area contributed by atoms with Gasteiger partial charge in [0, 0.05) is 15.5 Å². The number of hydrogen-bond donors (Lipinski definition) is 1. The number of carboxylic acids is 1. The van der Waals surface area contributed by atoms with Gasteiger partial charge in [0.05, 0.1) is 16.8 Å². The summed E-state index contributed by atoms with van der Waals surface area (Å²) in [5.41, 5.74) is 3.05. The molecule has 0 amide bonds. The lowest BCUT2D eigenvalue weighted by Crippen LogP contribution is -1.99. The number of nitrogens with zero attached hydrogens (tertiary/aromatic N) is 2. The first-order valence-electron chi connectivity index (χ1n) is 6.32. The first-order chi connectivity index (χ1) is 9.92. The average molecular weight is 298 g/mol. The SMILES string of the molecule is Cc1cc(Sc2ccc(C)c(C(=O)O)c2)c(C#N)c(C)n1. The van der Waals surface area contributed by atoms with Crippen LogP contribution in [-0.4, -0.2) is 16.1 Å². The second-order valence-corrected chi connectivity index (χ2v) is 5.83. The lowest BCUT2D eigenvalue weighted by Gasteiger charge is -2.09. The number of carbonyl (C=O) groups is 1. The molecule has 0 aliphatic carbocycles. The molecule has 0 bridgehead atoms. The van der Waals surface area contributed by atoms with Crippen LogP contribution in [0.5, 0.6) is 0 Å². The molecule has 0 saturated carbocycles. The van der Waals surface area contributed by atoms with Crippen molar-refractivity contribution in [2.24, 2.45) is 0 Å². The fraction of sp³-hybridized carbons (Fsp3) is 0.188. The van der Waals surface area contributed by atoms with Crippen molar-refractivity contribution >= 4 is 17.7 Å². The van der Waals surface area contributed by atoms with Crippen molar-refractivity contribution in [1.29, 1.82) is 5.26 Å². The molecule has 106 valence electrons. The highest BCUT2D eigenvalue weighted by Crippen LogP contribution is 2.32. The standard InChI is InChI=1S/C16H14N2O2S/c1-9-4-5-12(7-13(9)16(19)20)21-15-6-10(2)18-11(3)14(15)8-17/h4-7H,1-3H3,(H,19,20). The lowest BCUT2D eigenvalue weighted by molar-refractivity contribution is 0.0696. The van der Waals surface area contributed by atoms with Crippen LogP contribution in [0.3, 0.4) is 0 Å². The second-order valence-electron chi connectivity index (χ2n) is 4.72. The van der Waals surface area contributed by atoms with Gasteiger partial charge < -0.3 is 5.11 Å². The van der Waals surface area contributed by atoms with Crippen molar-refractivity contribution in [3.8, 4) is 6.07 Å². The third-order valence-electron chi connectivity index (χ3n) is 3.07. The highest BCUT2D eigenvalue weighted by atomic mass is 32.2. The molecule has 0 aliphatic heterocycles. The van der Waals surface area contributed by atoms with Crippen LogP contribution in [0, 0.1) is 32.1 Å². The van der Waals surface area contributed by atoms with Gasteiger partial charge in [-0.05, 0) is 44.5 Å². The van der Waals surface area contributed by atoms with Crippen LogP contribution in [-0.2, 0) is 0 Å². The molecule has 21 heavy (non-hydrogen) atoms. The average Bonchev–Trinajstić information content (AvgIpc) is 2.40. The van der Waals surface area contributed by atoms with Crippen LogP contribution in [0.1, 0.15) is 32.9 Å². The summed E-state index contributed by atoms with van der Waals surface area (Å²) in [6.07, 6.45) is 0. The quantitative estimate of drug-likeness (QED) is 0.934. The molecule has 0 atom stereocenters. The Morgan fingerprint density at radius 3 is 2.62 bits per heavy atom. The molecule has 0 saturated heterocycles. The normalized spacial score (nSPS) is 10.2. The smallest absolute Gasteiger partial charge is 0.335 e. The molecule has 0 radical (unpaired) electrons. The van der Waals surface area contributed by atoms with Gasteiger partial charge in [-0.2, -0.15) is 5.26 Å². The largest absolute Gasteiger partial charge is 0.478 e. The molecule has 2 aromatic rings. The van der Waals surface area contributed by atoms with Gasteiger partial charge in [0.15, 0.2) is 0 Å². The molecule has 0 fully saturated rings. The van der Waals surface area contributed by atoms with Gasteiger partial charge in [-0.3, -0.25) is 4.98 Å². The van der Waals surface area contributed by atoms with E-state index < -0.39 is 5.97 Å². The van der Waals surface area contributed by atoms with E-state index in [1.54, 1.807) is 26.0 Å². The van der Waals surface area contributed by atoms with Gasteiger partial charge in [0.1, 0.15) is 6.07 Å². The van der Waals surface area contributed by atoms with E-state index in [1.807, 2.05) is 19.1 Å². The summed E-state index contributed by atoms with van der Waals surface area (Å²) in [6.45, 7) is 5.43. The number of carboxylic acid groups (broad SMARTS) is 1. The molecule has 0 unspecified atom stereocenters. The van der Waals surface area contributed by atoms with Crippen LogP contribution >= 0.6 is 11.8 Å². The van der Waals surface area contributed by atoms with Crippen LogP contribution < -0.4 is 0 Å². The van der Waals surface area contributed by atoms with E-state index in [4.69, 9.17) is 0 Å². The molecule has 0 spiro atoms. The maximum atomic E-state index is 11.2. The van der Waals surface area contributed by atoms with Crippen LogP contribution in [0.25, 0.3) is 0 Å². The number of rotatable bonds is 3. The molecule has 5 heteroatoms. The zero-order chi connectivity index (χ0) is 15.6. The van der Waals surface area contributed by atoms with Crippen LogP contribution in [0.4, 0.5) is 0 Å². The number of benzene rings is 1. The van der Waals surface area contributed by atoms with E-state index in [0.29, 0.717) is 11.3 Å². The first kappa shape index (κ1) is 15.1. The van der Waals surface area contributed by atoms with E-state index in [1.165, 1.54) is 11.8 Å². The topological polar surface area (TPSA) is 74.0 Å². The highest BCUT2D eigenvalue weighted by molar-refractivity contribution is 7.99. The molecule has 1 N–H and O–H groups in total. The predicted octanol–water partition coefficient (Wildman–Crippen LogP) is 3.73. The number of hydrogen-bond acceptors (Lipinski definition) is 4. The third-order valence-corrected chi connectivity index (χ3v) is 4.10. The Labute approximate surface area is 127 Å². The van der Waals surface area contributed by atoms with Gasteiger partial charge in [0.25, 0.3) is 0 Å². The molecular formula is C16H14N2O2S. The third kappa shape index (κ3) is 3.23. The minimum atomic E-state index is -0.947. The highest BCUT2D eigenvalue weighted by Gasteiger charge is 2.12. The summed E-state index contributed by atoms with van der Waals surface area (Å²) in [7, 11) is 0. The summed E-state index contributed by atoms with van der Waals surface area (Å²) in [5, 5.41) is 18.4. The zero-order valence-corrected chi connectivity index (χ0v) is 12.8. The second kappa shape index (κ2) is 5.98. The number of nitriles is 1. The van der Waals surface area contributed by atoms with Gasteiger partial charge in [-0.25, -0.2) is 4.79 Å².